The van der Waals surface area contributed by atoms with Gasteiger partial charge < -0.3 is 5.32 Å². The summed E-state index contributed by atoms with van der Waals surface area (Å²) < 4.78 is 3.78. The van der Waals surface area contributed by atoms with E-state index in [9.17, 15) is 4.79 Å². The van der Waals surface area contributed by atoms with Crippen molar-refractivity contribution in [2.75, 3.05) is 5.32 Å². The molecule has 7 heteroatoms. The van der Waals surface area contributed by atoms with Gasteiger partial charge in [0.05, 0.1) is 35.3 Å². The predicted octanol–water partition coefficient (Wildman–Crippen LogP) is 4.56. The number of aromatic nitrogens is 5. The number of carbonyl (C=O) groups is 1. The molecule has 0 aliphatic rings. The van der Waals surface area contributed by atoms with Crippen molar-refractivity contribution in [3.8, 4) is 0 Å². The van der Waals surface area contributed by atoms with Gasteiger partial charge in [-0.2, -0.15) is 5.10 Å². The first-order chi connectivity index (χ1) is 15.5. The second-order valence-electron chi connectivity index (χ2n) is 7.96. The van der Waals surface area contributed by atoms with Gasteiger partial charge in [0.15, 0.2) is 0 Å². The third-order valence-corrected chi connectivity index (χ3v) is 5.58. The molecule has 4 aromatic heterocycles. The van der Waals surface area contributed by atoms with Crippen LogP contribution >= 0.6 is 0 Å². The number of pyridine rings is 2. The summed E-state index contributed by atoms with van der Waals surface area (Å²) in [5.74, 6) is -0.203. The maximum absolute atomic E-state index is 13.2. The van der Waals surface area contributed by atoms with E-state index in [2.05, 4.69) is 22.2 Å². The van der Waals surface area contributed by atoms with Crippen molar-refractivity contribution in [3.05, 3.63) is 89.3 Å². The van der Waals surface area contributed by atoms with Crippen molar-refractivity contribution in [1.29, 1.82) is 0 Å². The topological polar surface area (TPSA) is 77.1 Å². The molecule has 32 heavy (non-hydrogen) atoms. The Morgan fingerprint density at radius 1 is 1.06 bits per heavy atom. The van der Waals surface area contributed by atoms with Crippen LogP contribution in [0.5, 0.6) is 0 Å². The number of benzene rings is 1. The minimum Gasteiger partial charge on any atom is -0.320 e. The molecule has 1 N–H and O–H groups in total. The van der Waals surface area contributed by atoms with Crippen molar-refractivity contribution in [3.63, 3.8) is 0 Å². The monoisotopic (exact) mass is 424 g/mol. The molecule has 1 amide bonds. The first-order valence-corrected chi connectivity index (χ1v) is 10.7. The number of rotatable bonds is 5. The van der Waals surface area contributed by atoms with Gasteiger partial charge in [0.1, 0.15) is 11.3 Å². The average molecular weight is 425 g/mol. The second kappa shape index (κ2) is 7.92. The van der Waals surface area contributed by atoms with Crippen molar-refractivity contribution in [1.82, 2.24) is 24.1 Å². The zero-order chi connectivity index (χ0) is 22.2. The summed E-state index contributed by atoms with van der Waals surface area (Å²) in [6.07, 6.45) is 4.28. The summed E-state index contributed by atoms with van der Waals surface area (Å²) >= 11 is 0. The number of fused-ring (bicyclic) bond motifs is 2. The van der Waals surface area contributed by atoms with E-state index in [4.69, 9.17) is 5.10 Å². The normalized spacial score (nSPS) is 11.3. The zero-order valence-corrected chi connectivity index (χ0v) is 18.3. The Kier molecular flexibility index (Phi) is 4.93. The molecule has 0 aliphatic carbocycles. The van der Waals surface area contributed by atoms with Gasteiger partial charge in [0, 0.05) is 17.3 Å². The number of anilines is 1. The van der Waals surface area contributed by atoms with E-state index >= 15 is 0 Å². The molecule has 160 valence electrons. The molecule has 4 heterocycles. The number of hydrogen-bond donors (Lipinski definition) is 1. The molecule has 0 saturated heterocycles. The molecule has 0 bridgehead atoms. The molecule has 0 radical (unpaired) electrons. The Bertz CT molecular complexity index is 1460. The number of aryl methyl sites for hydroxylation is 3. The maximum Gasteiger partial charge on any atom is 0.274 e. The predicted molar refractivity (Wildman–Crippen MR) is 125 cm³/mol. The van der Waals surface area contributed by atoms with Gasteiger partial charge in [-0.25, -0.2) is 4.98 Å². The highest BCUT2D eigenvalue weighted by Crippen LogP contribution is 2.28. The average Bonchev–Trinajstić information content (AvgIpc) is 3.35. The van der Waals surface area contributed by atoms with Crippen molar-refractivity contribution < 1.29 is 4.79 Å². The maximum atomic E-state index is 13.2. The van der Waals surface area contributed by atoms with Crippen LogP contribution in [0, 0.1) is 13.8 Å². The standard InChI is InChI=1S/C25H24N6O/c1-4-19-24-20(28-25(32)22-13-26-23-12-11-16(2)14-30(22)23)9-6-10-21(24)31(29-19)15-18-8-5-7-17(3)27-18/h5-14H,4,15H2,1-3H3,(H,28,32). The van der Waals surface area contributed by atoms with Gasteiger partial charge in [-0.1, -0.05) is 25.1 Å². The third-order valence-electron chi connectivity index (χ3n) is 5.58. The summed E-state index contributed by atoms with van der Waals surface area (Å²) in [6.45, 7) is 6.62. The van der Waals surface area contributed by atoms with Crippen LogP contribution in [0.2, 0.25) is 0 Å². The van der Waals surface area contributed by atoms with Gasteiger partial charge in [0.25, 0.3) is 5.91 Å². The Hall–Kier alpha value is -4.00. The first kappa shape index (κ1) is 19.9. The van der Waals surface area contributed by atoms with E-state index in [1.165, 1.54) is 0 Å². The van der Waals surface area contributed by atoms with E-state index < -0.39 is 0 Å². The fourth-order valence-electron chi connectivity index (χ4n) is 4.06. The minimum absolute atomic E-state index is 0.203. The number of imidazole rings is 1. The third kappa shape index (κ3) is 3.51. The fourth-order valence-corrected chi connectivity index (χ4v) is 4.06. The van der Waals surface area contributed by atoms with Crippen LogP contribution in [-0.2, 0) is 13.0 Å². The van der Waals surface area contributed by atoms with Crippen LogP contribution in [0.4, 0.5) is 5.69 Å². The van der Waals surface area contributed by atoms with Crippen LogP contribution in [0.1, 0.15) is 40.1 Å². The molecule has 7 nitrogen and oxygen atoms in total. The van der Waals surface area contributed by atoms with Crippen LogP contribution < -0.4 is 5.32 Å². The lowest BCUT2D eigenvalue weighted by Gasteiger charge is -2.09. The van der Waals surface area contributed by atoms with E-state index in [0.717, 1.165) is 51.3 Å². The van der Waals surface area contributed by atoms with Crippen molar-refractivity contribution in [2.24, 2.45) is 0 Å². The van der Waals surface area contributed by atoms with Gasteiger partial charge in [-0.15, -0.1) is 0 Å². The van der Waals surface area contributed by atoms with E-state index in [1.54, 1.807) is 6.20 Å². The molecule has 0 spiro atoms. The van der Waals surface area contributed by atoms with E-state index in [0.29, 0.717) is 12.2 Å². The van der Waals surface area contributed by atoms with Gasteiger partial charge >= 0.3 is 0 Å². The highest BCUT2D eigenvalue weighted by molar-refractivity contribution is 6.08. The summed E-state index contributed by atoms with van der Waals surface area (Å²) in [4.78, 5) is 22.1. The van der Waals surface area contributed by atoms with Crippen molar-refractivity contribution >= 4 is 28.1 Å². The van der Waals surface area contributed by atoms with Gasteiger partial charge in [0.2, 0.25) is 0 Å². The summed E-state index contributed by atoms with van der Waals surface area (Å²) in [6, 6.07) is 15.8. The number of hydrogen-bond acceptors (Lipinski definition) is 4. The summed E-state index contributed by atoms with van der Waals surface area (Å²) in [5.41, 5.74) is 6.89. The van der Waals surface area contributed by atoms with Crippen LogP contribution in [0.25, 0.3) is 16.6 Å². The molecule has 0 fully saturated rings. The number of amides is 1. The fraction of sp³-hybridized carbons (Fsp3) is 0.200. The molecular weight excluding hydrogens is 400 g/mol. The molecular formula is C25H24N6O. The van der Waals surface area contributed by atoms with Crippen LogP contribution in [-0.4, -0.2) is 30.1 Å². The number of carbonyl (C=O) groups excluding carboxylic acids is 1. The quantitative estimate of drug-likeness (QED) is 0.449. The first-order valence-electron chi connectivity index (χ1n) is 10.7. The van der Waals surface area contributed by atoms with Gasteiger partial charge in [-0.05, 0) is 56.2 Å². The zero-order valence-electron chi connectivity index (χ0n) is 18.3. The van der Waals surface area contributed by atoms with Crippen LogP contribution in [0.15, 0.2) is 60.9 Å². The van der Waals surface area contributed by atoms with E-state index in [-0.39, 0.29) is 5.91 Å². The molecule has 1 aromatic carbocycles. The molecule has 5 aromatic rings. The lowest BCUT2D eigenvalue weighted by atomic mass is 10.1. The molecule has 0 saturated carbocycles. The number of nitrogens with one attached hydrogen (secondary N) is 1. The van der Waals surface area contributed by atoms with Crippen molar-refractivity contribution in [2.45, 2.75) is 33.7 Å². The highest BCUT2D eigenvalue weighted by atomic mass is 16.1. The number of nitrogens with zero attached hydrogens (tertiary/aromatic N) is 5. The molecule has 0 atom stereocenters. The minimum atomic E-state index is -0.203. The largest absolute Gasteiger partial charge is 0.320 e. The Balaban J connectivity index is 1.53. The lowest BCUT2D eigenvalue weighted by Crippen LogP contribution is -2.14. The Morgan fingerprint density at radius 3 is 2.72 bits per heavy atom. The lowest BCUT2D eigenvalue weighted by molar-refractivity contribution is 0.102. The highest BCUT2D eigenvalue weighted by Gasteiger charge is 2.18. The van der Waals surface area contributed by atoms with Crippen LogP contribution in [0.3, 0.4) is 0 Å². The summed E-state index contributed by atoms with van der Waals surface area (Å²) in [5, 5.41) is 8.88. The molecule has 0 unspecified atom stereocenters. The SMILES string of the molecule is CCc1nn(Cc2cccc(C)n2)c2cccc(NC(=O)c3cnc4ccc(C)cn34)c12. The smallest absolute Gasteiger partial charge is 0.274 e. The van der Waals surface area contributed by atoms with E-state index in [1.807, 2.05) is 77.7 Å². The second-order valence-corrected chi connectivity index (χ2v) is 7.96. The Labute approximate surface area is 185 Å². The Morgan fingerprint density at radius 2 is 1.91 bits per heavy atom. The van der Waals surface area contributed by atoms with Gasteiger partial charge in [-0.3, -0.25) is 18.9 Å². The molecule has 5 rings (SSSR count). The molecule has 0 aliphatic heterocycles. The summed E-state index contributed by atoms with van der Waals surface area (Å²) in [7, 11) is 0.